The average molecular weight is 219 g/mol. The van der Waals surface area contributed by atoms with Gasteiger partial charge in [0.1, 0.15) is 5.82 Å². The Morgan fingerprint density at radius 3 is 2.62 bits per heavy atom. The van der Waals surface area contributed by atoms with Crippen LogP contribution in [-0.2, 0) is 0 Å². The maximum absolute atomic E-state index is 13.3. The van der Waals surface area contributed by atoms with E-state index in [9.17, 15) is 4.39 Å². The van der Waals surface area contributed by atoms with Gasteiger partial charge in [0.15, 0.2) is 0 Å². The summed E-state index contributed by atoms with van der Waals surface area (Å²) in [6, 6.07) is 6.87. The van der Waals surface area contributed by atoms with E-state index in [1.165, 1.54) is 6.07 Å². The van der Waals surface area contributed by atoms with Crippen LogP contribution in [0.2, 0.25) is 0 Å². The number of aryl methyl sites for hydroxylation is 1. The molecule has 1 heterocycles. The van der Waals surface area contributed by atoms with Crippen LogP contribution in [0.4, 0.5) is 4.39 Å². The van der Waals surface area contributed by atoms with Crippen molar-refractivity contribution in [2.24, 2.45) is 0 Å². The van der Waals surface area contributed by atoms with Crippen molar-refractivity contribution < 1.29 is 8.81 Å². The van der Waals surface area contributed by atoms with Crippen molar-refractivity contribution in [1.82, 2.24) is 5.32 Å². The highest BCUT2D eigenvalue weighted by molar-refractivity contribution is 5.32. The molecule has 1 atom stereocenters. The van der Waals surface area contributed by atoms with Crippen molar-refractivity contribution in [2.45, 2.75) is 13.0 Å². The fourth-order valence-corrected chi connectivity index (χ4v) is 1.90. The Morgan fingerprint density at radius 1 is 1.25 bits per heavy atom. The van der Waals surface area contributed by atoms with Gasteiger partial charge in [-0.3, -0.25) is 0 Å². The first-order valence-corrected chi connectivity index (χ1v) is 5.17. The second-order valence-corrected chi connectivity index (χ2v) is 3.84. The van der Waals surface area contributed by atoms with Gasteiger partial charge in [-0.05, 0) is 43.3 Å². The summed E-state index contributed by atoms with van der Waals surface area (Å²) in [5, 5.41) is 3.15. The van der Waals surface area contributed by atoms with Gasteiger partial charge in [-0.2, -0.15) is 0 Å². The minimum absolute atomic E-state index is 0.0341. The van der Waals surface area contributed by atoms with E-state index < -0.39 is 0 Å². The third-order valence-corrected chi connectivity index (χ3v) is 2.56. The van der Waals surface area contributed by atoms with Crippen LogP contribution >= 0.6 is 0 Å². The van der Waals surface area contributed by atoms with Crippen LogP contribution in [0, 0.1) is 12.7 Å². The molecule has 2 aromatic rings. The summed E-state index contributed by atoms with van der Waals surface area (Å²) in [6.45, 7) is 1.88. The van der Waals surface area contributed by atoms with Crippen molar-refractivity contribution in [3.63, 3.8) is 0 Å². The lowest BCUT2D eigenvalue weighted by atomic mass is 9.99. The summed E-state index contributed by atoms with van der Waals surface area (Å²) in [7, 11) is 1.85. The van der Waals surface area contributed by atoms with Crippen molar-refractivity contribution >= 4 is 0 Å². The van der Waals surface area contributed by atoms with E-state index in [4.69, 9.17) is 4.42 Å². The van der Waals surface area contributed by atoms with E-state index in [2.05, 4.69) is 5.32 Å². The first-order valence-electron chi connectivity index (χ1n) is 5.17. The summed E-state index contributed by atoms with van der Waals surface area (Å²) in [6.07, 6.45) is 3.28. The third kappa shape index (κ3) is 2.14. The highest BCUT2D eigenvalue weighted by Gasteiger charge is 2.14. The minimum atomic E-state index is -0.209. The van der Waals surface area contributed by atoms with E-state index in [0.29, 0.717) is 0 Å². The zero-order valence-corrected chi connectivity index (χ0v) is 9.33. The molecule has 0 amide bonds. The summed E-state index contributed by atoms with van der Waals surface area (Å²) >= 11 is 0. The molecule has 0 saturated heterocycles. The largest absolute Gasteiger partial charge is 0.472 e. The summed E-state index contributed by atoms with van der Waals surface area (Å²) in [5.74, 6) is -0.209. The predicted octanol–water partition coefficient (Wildman–Crippen LogP) is 3.04. The number of furan rings is 1. The lowest BCUT2D eigenvalue weighted by Crippen LogP contribution is -2.17. The topological polar surface area (TPSA) is 25.2 Å². The molecule has 0 radical (unpaired) electrons. The van der Waals surface area contributed by atoms with Crippen molar-refractivity contribution in [1.29, 1.82) is 0 Å². The fraction of sp³-hybridized carbons (Fsp3) is 0.231. The Kier molecular flexibility index (Phi) is 3.06. The van der Waals surface area contributed by atoms with Crippen LogP contribution in [-0.4, -0.2) is 7.05 Å². The molecule has 0 aliphatic carbocycles. The SMILES string of the molecule is CNC(c1ccoc1)c1cc(C)cc(F)c1. The molecule has 3 heteroatoms. The molecule has 0 aliphatic rings. The zero-order valence-electron chi connectivity index (χ0n) is 9.33. The number of hydrogen-bond acceptors (Lipinski definition) is 2. The van der Waals surface area contributed by atoms with Crippen LogP contribution in [0.25, 0.3) is 0 Å². The molecule has 1 aromatic carbocycles. The van der Waals surface area contributed by atoms with Crippen molar-refractivity contribution in [2.75, 3.05) is 7.05 Å². The number of nitrogens with one attached hydrogen (secondary N) is 1. The van der Waals surface area contributed by atoms with Crippen LogP contribution < -0.4 is 5.32 Å². The molecule has 2 nitrogen and oxygen atoms in total. The van der Waals surface area contributed by atoms with Gasteiger partial charge in [0.2, 0.25) is 0 Å². The molecule has 1 unspecified atom stereocenters. The molecular formula is C13H14FNO. The summed E-state index contributed by atoms with van der Waals surface area (Å²) in [4.78, 5) is 0. The third-order valence-electron chi connectivity index (χ3n) is 2.56. The first kappa shape index (κ1) is 10.9. The number of halogens is 1. The molecule has 84 valence electrons. The Bertz CT molecular complexity index is 445. The molecular weight excluding hydrogens is 205 g/mol. The van der Waals surface area contributed by atoms with Gasteiger partial charge < -0.3 is 9.73 Å². The van der Waals surface area contributed by atoms with E-state index in [-0.39, 0.29) is 11.9 Å². The van der Waals surface area contributed by atoms with Crippen molar-refractivity contribution in [3.05, 3.63) is 59.3 Å². The Balaban J connectivity index is 2.41. The Labute approximate surface area is 94.1 Å². The van der Waals surface area contributed by atoms with Crippen LogP contribution in [0.1, 0.15) is 22.7 Å². The van der Waals surface area contributed by atoms with Crippen LogP contribution in [0.15, 0.2) is 41.2 Å². The lowest BCUT2D eigenvalue weighted by Gasteiger charge is -2.15. The number of benzene rings is 1. The fourth-order valence-electron chi connectivity index (χ4n) is 1.90. The van der Waals surface area contributed by atoms with Gasteiger partial charge in [0, 0.05) is 5.56 Å². The Morgan fingerprint density at radius 2 is 2.06 bits per heavy atom. The Hall–Kier alpha value is -1.61. The summed E-state index contributed by atoms with van der Waals surface area (Å²) < 4.78 is 18.4. The highest BCUT2D eigenvalue weighted by atomic mass is 19.1. The van der Waals surface area contributed by atoms with E-state index >= 15 is 0 Å². The number of hydrogen-bond donors (Lipinski definition) is 1. The monoisotopic (exact) mass is 219 g/mol. The normalized spacial score (nSPS) is 12.7. The summed E-state index contributed by atoms with van der Waals surface area (Å²) in [5.41, 5.74) is 2.81. The molecule has 0 saturated carbocycles. The molecule has 1 N–H and O–H groups in total. The molecule has 0 aliphatic heterocycles. The minimum Gasteiger partial charge on any atom is -0.472 e. The van der Waals surface area contributed by atoms with Crippen LogP contribution in [0.5, 0.6) is 0 Å². The molecule has 0 fully saturated rings. The van der Waals surface area contributed by atoms with E-state index in [1.807, 2.05) is 26.1 Å². The zero-order chi connectivity index (χ0) is 11.5. The lowest BCUT2D eigenvalue weighted by molar-refractivity contribution is 0.556. The van der Waals surface area contributed by atoms with Crippen molar-refractivity contribution in [3.8, 4) is 0 Å². The van der Waals surface area contributed by atoms with Gasteiger partial charge in [0.25, 0.3) is 0 Å². The first-order chi connectivity index (χ1) is 7.70. The quantitative estimate of drug-likeness (QED) is 0.858. The highest BCUT2D eigenvalue weighted by Crippen LogP contribution is 2.23. The number of rotatable bonds is 3. The van der Waals surface area contributed by atoms with Gasteiger partial charge in [-0.15, -0.1) is 0 Å². The van der Waals surface area contributed by atoms with E-state index in [0.717, 1.165) is 16.7 Å². The second-order valence-electron chi connectivity index (χ2n) is 3.84. The maximum atomic E-state index is 13.3. The molecule has 16 heavy (non-hydrogen) atoms. The molecule has 1 aromatic heterocycles. The average Bonchev–Trinajstić information content (AvgIpc) is 2.70. The molecule has 0 bridgehead atoms. The standard InChI is InChI=1S/C13H14FNO/c1-9-5-11(7-12(14)6-9)13(15-2)10-3-4-16-8-10/h3-8,13,15H,1-2H3. The molecule has 0 spiro atoms. The predicted molar refractivity (Wildman–Crippen MR) is 60.7 cm³/mol. The maximum Gasteiger partial charge on any atom is 0.123 e. The smallest absolute Gasteiger partial charge is 0.123 e. The van der Waals surface area contributed by atoms with E-state index in [1.54, 1.807) is 18.6 Å². The molecule has 2 rings (SSSR count). The van der Waals surface area contributed by atoms with Gasteiger partial charge in [-0.25, -0.2) is 4.39 Å². The van der Waals surface area contributed by atoms with Gasteiger partial charge >= 0.3 is 0 Å². The van der Waals surface area contributed by atoms with Gasteiger partial charge in [-0.1, -0.05) is 6.07 Å². The van der Waals surface area contributed by atoms with Gasteiger partial charge in [0.05, 0.1) is 18.6 Å². The van der Waals surface area contributed by atoms with Crippen LogP contribution in [0.3, 0.4) is 0 Å². The second kappa shape index (κ2) is 4.49.